The molecule has 1 spiro atoms. The normalized spacial score (nSPS) is 25.9. The van der Waals surface area contributed by atoms with Crippen LogP contribution in [0.2, 0.25) is 0 Å². The van der Waals surface area contributed by atoms with Crippen molar-refractivity contribution in [3.63, 3.8) is 0 Å². The number of hydrogen-bond donors (Lipinski definition) is 1. The number of ether oxygens (including phenoxy) is 4. The van der Waals surface area contributed by atoms with Crippen molar-refractivity contribution in [2.45, 2.75) is 37.8 Å². The van der Waals surface area contributed by atoms with E-state index in [1.807, 2.05) is 6.92 Å². The Morgan fingerprint density at radius 3 is 2.45 bits per heavy atom. The van der Waals surface area contributed by atoms with Gasteiger partial charge in [-0.2, -0.15) is 0 Å². The standard InChI is InChI=1S/C14H27NO5/c1-12(10-17-2)18-11-13(16)9-15-5-3-14(4-6-15)19-7-8-20-14/h12-13,16H,3-11H2,1-2H3. The molecule has 1 N–H and O–H groups in total. The van der Waals surface area contributed by atoms with Gasteiger partial charge in [0.1, 0.15) is 0 Å². The number of β-amino-alcohol motifs (C(OH)–C–C–N with tert-alkyl or cyclic N) is 1. The second kappa shape index (κ2) is 7.68. The molecule has 2 fully saturated rings. The Hall–Kier alpha value is -0.240. The molecule has 0 amide bonds. The molecule has 0 radical (unpaired) electrons. The summed E-state index contributed by atoms with van der Waals surface area (Å²) in [7, 11) is 1.65. The molecule has 0 saturated carbocycles. The predicted octanol–water partition coefficient (Wildman–Crippen LogP) is 0.238. The van der Waals surface area contributed by atoms with Crippen molar-refractivity contribution < 1.29 is 24.1 Å². The van der Waals surface area contributed by atoms with Gasteiger partial charge in [0.15, 0.2) is 5.79 Å². The van der Waals surface area contributed by atoms with Crippen LogP contribution >= 0.6 is 0 Å². The molecule has 0 aromatic heterocycles. The van der Waals surface area contributed by atoms with Gasteiger partial charge in [0, 0.05) is 39.6 Å². The fraction of sp³-hybridized carbons (Fsp3) is 1.00. The number of nitrogens with zero attached hydrogens (tertiary/aromatic N) is 1. The third kappa shape index (κ3) is 4.65. The van der Waals surface area contributed by atoms with Gasteiger partial charge in [0.25, 0.3) is 0 Å². The Morgan fingerprint density at radius 1 is 1.20 bits per heavy atom. The average Bonchev–Trinajstić information content (AvgIpc) is 2.88. The Morgan fingerprint density at radius 2 is 1.85 bits per heavy atom. The van der Waals surface area contributed by atoms with Crippen molar-refractivity contribution in [3.05, 3.63) is 0 Å². The Kier molecular flexibility index (Phi) is 6.20. The SMILES string of the molecule is COCC(C)OCC(O)CN1CCC2(CC1)OCCO2. The summed E-state index contributed by atoms with van der Waals surface area (Å²) in [4.78, 5) is 2.24. The third-order valence-corrected chi connectivity index (χ3v) is 3.87. The first-order valence-corrected chi connectivity index (χ1v) is 7.42. The van der Waals surface area contributed by atoms with Gasteiger partial charge in [0.2, 0.25) is 0 Å². The van der Waals surface area contributed by atoms with Crippen LogP contribution in [0, 0.1) is 0 Å². The second-order valence-electron chi connectivity index (χ2n) is 5.66. The van der Waals surface area contributed by atoms with Gasteiger partial charge in [0.05, 0.1) is 38.6 Å². The van der Waals surface area contributed by atoms with Crippen LogP contribution in [0.4, 0.5) is 0 Å². The molecule has 2 unspecified atom stereocenters. The minimum atomic E-state index is -0.464. The van der Waals surface area contributed by atoms with E-state index in [4.69, 9.17) is 18.9 Å². The first kappa shape index (κ1) is 16.1. The van der Waals surface area contributed by atoms with Crippen molar-refractivity contribution in [1.29, 1.82) is 0 Å². The van der Waals surface area contributed by atoms with E-state index in [2.05, 4.69) is 4.90 Å². The molecule has 118 valence electrons. The molecule has 0 bridgehead atoms. The van der Waals surface area contributed by atoms with Crippen LogP contribution in [0.5, 0.6) is 0 Å². The van der Waals surface area contributed by atoms with Gasteiger partial charge >= 0.3 is 0 Å². The minimum absolute atomic E-state index is 0.0135. The topological polar surface area (TPSA) is 60.4 Å². The highest BCUT2D eigenvalue weighted by molar-refractivity contribution is 4.83. The molecule has 2 atom stereocenters. The Bertz CT molecular complexity index is 273. The lowest BCUT2D eigenvalue weighted by Crippen LogP contribution is -2.47. The van der Waals surface area contributed by atoms with E-state index in [9.17, 15) is 5.11 Å². The van der Waals surface area contributed by atoms with Crippen molar-refractivity contribution in [2.24, 2.45) is 0 Å². The summed E-state index contributed by atoms with van der Waals surface area (Å²) in [6, 6.07) is 0. The number of piperidine rings is 1. The molecule has 6 heteroatoms. The number of hydrogen-bond acceptors (Lipinski definition) is 6. The summed E-state index contributed by atoms with van der Waals surface area (Å²) < 4.78 is 21.9. The smallest absolute Gasteiger partial charge is 0.170 e. The lowest BCUT2D eigenvalue weighted by molar-refractivity contribution is -0.187. The van der Waals surface area contributed by atoms with Crippen molar-refractivity contribution in [2.75, 3.05) is 53.2 Å². The number of aliphatic hydroxyl groups excluding tert-OH is 1. The predicted molar refractivity (Wildman–Crippen MR) is 73.6 cm³/mol. The average molecular weight is 289 g/mol. The van der Waals surface area contributed by atoms with Gasteiger partial charge in [-0.1, -0.05) is 0 Å². The third-order valence-electron chi connectivity index (χ3n) is 3.87. The van der Waals surface area contributed by atoms with E-state index >= 15 is 0 Å². The zero-order valence-corrected chi connectivity index (χ0v) is 12.5. The van der Waals surface area contributed by atoms with Gasteiger partial charge in [-0.25, -0.2) is 0 Å². The van der Waals surface area contributed by atoms with Gasteiger partial charge < -0.3 is 29.0 Å². The number of likely N-dealkylation sites (tertiary alicyclic amines) is 1. The van der Waals surface area contributed by atoms with E-state index in [1.165, 1.54) is 0 Å². The second-order valence-corrected chi connectivity index (χ2v) is 5.66. The molecule has 2 aliphatic heterocycles. The maximum Gasteiger partial charge on any atom is 0.170 e. The van der Waals surface area contributed by atoms with E-state index in [0.717, 1.165) is 25.9 Å². The molecule has 2 saturated heterocycles. The molecule has 20 heavy (non-hydrogen) atoms. The van der Waals surface area contributed by atoms with E-state index in [-0.39, 0.29) is 11.9 Å². The Balaban J connectivity index is 1.62. The fourth-order valence-electron chi connectivity index (χ4n) is 2.77. The first-order valence-electron chi connectivity index (χ1n) is 7.42. The lowest BCUT2D eigenvalue weighted by atomic mass is 10.0. The number of rotatable bonds is 7. The molecule has 2 heterocycles. The maximum atomic E-state index is 10.0. The van der Waals surface area contributed by atoms with Crippen LogP contribution in [-0.4, -0.2) is 81.2 Å². The van der Waals surface area contributed by atoms with Crippen molar-refractivity contribution in [1.82, 2.24) is 4.90 Å². The summed E-state index contributed by atoms with van der Waals surface area (Å²) in [5.74, 6) is -0.342. The van der Waals surface area contributed by atoms with Gasteiger partial charge in [-0.15, -0.1) is 0 Å². The van der Waals surface area contributed by atoms with Crippen LogP contribution in [0.1, 0.15) is 19.8 Å². The molecular formula is C14H27NO5. The minimum Gasteiger partial charge on any atom is -0.389 e. The zero-order valence-electron chi connectivity index (χ0n) is 12.5. The molecule has 0 aromatic rings. The molecule has 0 aromatic carbocycles. The van der Waals surface area contributed by atoms with Crippen molar-refractivity contribution >= 4 is 0 Å². The summed E-state index contributed by atoms with van der Waals surface area (Å²) in [6.45, 7) is 6.66. The summed E-state index contributed by atoms with van der Waals surface area (Å²) in [6.07, 6.45) is 1.30. The van der Waals surface area contributed by atoms with Gasteiger partial charge in [-0.05, 0) is 6.92 Å². The fourth-order valence-corrected chi connectivity index (χ4v) is 2.77. The first-order chi connectivity index (χ1) is 9.63. The van der Waals surface area contributed by atoms with E-state index in [0.29, 0.717) is 33.0 Å². The molecular weight excluding hydrogens is 262 g/mol. The molecule has 2 rings (SSSR count). The highest BCUT2D eigenvalue weighted by Gasteiger charge is 2.39. The zero-order chi connectivity index (χ0) is 14.4. The summed E-state index contributed by atoms with van der Waals surface area (Å²) in [5, 5.41) is 10.0. The van der Waals surface area contributed by atoms with Crippen molar-refractivity contribution in [3.8, 4) is 0 Å². The summed E-state index contributed by atoms with van der Waals surface area (Å²) in [5.41, 5.74) is 0. The van der Waals surface area contributed by atoms with Crippen LogP contribution < -0.4 is 0 Å². The van der Waals surface area contributed by atoms with E-state index in [1.54, 1.807) is 7.11 Å². The Labute approximate surface area is 120 Å². The molecule has 2 aliphatic rings. The summed E-state index contributed by atoms with van der Waals surface area (Å²) >= 11 is 0. The van der Waals surface area contributed by atoms with Crippen LogP contribution in [-0.2, 0) is 18.9 Å². The van der Waals surface area contributed by atoms with Crippen LogP contribution in [0.15, 0.2) is 0 Å². The van der Waals surface area contributed by atoms with Crippen LogP contribution in [0.3, 0.4) is 0 Å². The number of aliphatic hydroxyl groups is 1. The highest BCUT2D eigenvalue weighted by Crippen LogP contribution is 2.31. The number of methoxy groups -OCH3 is 1. The monoisotopic (exact) mass is 289 g/mol. The highest BCUT2D eigenvalue weighted by atomic mass is 16.7. The molecule has 6 nitrogen and oxygen atoms in total. The maximum absolute atomic E-state index is 10.0. The van der Waals surface area contributed by atoms with Crippen LogP contribution in [0.25, 0.3) is 0 Å². The molecule has 0 aliphatic carbocycles. The quantitative estimate of drug-likeness (QED) is 0.724. The van der Waals surface area contributed by atoms with Gasteiger partial charge in [-0.3, -0.25) is 0 Å². The lowest BCUT2D eigenvalue weighted by Gasteiger charge is -2.38. The largest absolute Gasteiger partial charge is 0.389 e. The van der Waals surface area contributed by atoms with E-state index < -0.39 is 6.10 Å².